The third-order valence-corrected chi connectivity index (χ3v) is 10.0. The van der Waals surface area contributed by atoms with E-state index in [4.69, 9.17) is 13.3 Å². The van der Waals surface area contributed by atoms with Gasteiger partial charge in [-0.3, -0.25) is 0 Å². The molecule has 0 aliphatic heterocycles. The Morgan fingerprint density at radius 3 is 1.15 bits per heavy atom. The van der Waals surface area contributed by atoms with Crippen LogP contribution in [-0.2, 0) is 13.3 Å². The van der Waals surface area contributed by atoms with Crippen molar-refractivity contribution in [1.82, 2.24) is 0 Å². The van der Waals surface area contributed by atoms with Crippen molar-refractivity contribution >= 4 is 8.80 Å². The molecule has 0 saturated heterocycles. The molecule has 5 heteroatoms. The second kappa shape index (κ2) is 22.5. The highest BCUT2D eigenvalue weighted by Gasteiger charge is 2.40. The van der Waals surface area contributed by atoms with Gasteiger partial charge in [-0.15, -0.1) is 0 Å². The summed E-state index contributed by atoms with van der Waals surface area (Å²) in [5, 5.41) is 0. The van der Waals surface area contributed by atoms with Crippen LogP contribution in [-0.4, -0.2) is 59.8 Å². The molecule has 0 fully saturated rings. The van der Waals surface area contributed by atoms with Crippen molar-refractivity contribution in [3.63, 3.8) is 0 Å². The molecule has 0 aromatic rings. The summed E-state index contributed by atoms with van der Waals surface area (Å²) in [5.41, 5.74) is 0. The maximum absolute atomic E-state index is 6.10. The Morgan fingerprint density at radius 2 is 0.788 bits per heavy atom. The Morgan fingerprint density at radius 1 is 0.455 bits per heavy atom. The fraction of sp³-hybridized carbons (Fsp3) is 1.00. The van der Waals surface area contributed by atoms with E-state index in [0.29, 0.717) is 19.8 Å². The SMILES string of the molecule is CCCCCCCCC[N+](C)(CCCCCCCCC)CCC[Si](OCC)(OCC)OCC. The van der Waals surface area contributed by atoms with E-state index < -0.39 is 8.80 Å². The predicted octanol–water partition coefficient (Wildman–Crippen LogP) is 8.37. The number of quaternary nitrogens is 1. The summed E-state index contributed by atoms with van der Waals surface area (Å²) in [6.07, 6.45) is 20.6. The summed E-state index contributed by atoms with van der Waals surface area (Å²) in [6.45, 7) is 16.6. The summed E-state index contributed by atoms with van der Waals surface area (Å²) in [7, 11) is -0.0195. The van der Waals surface area contributed by atoms with Crippen molar-refractivity contribution in [2.75, 3.05) is 46.5 Å². The van der Waals surface area contributed by atoms with Crippen molar-refractivity contribution in [3.8, 4) is 0 Å². The molecule has 0 saturated carbocycles. The summed E-state index contributed by atoms with van der Waals surface area (Å²) >= 11 is 0. The second-order valence-electron chi connectivity index (χ2n) is 10.1. The molecule has 0 N–H and O–H groups in total. The van der Waals surface area contributed by atoms with Crippen molar-refractivity contribution in [3.05, 3.63) is 0 Å². The zero-order valence-electron chi connectivity index (χ0n) is 23.7. The molecule has 0 heterocycles. The maximum atomic E-state index is 6.10. The van der Waals surface area contributed by atoms with Gasteiger partial charge in [-0.1, -0.05) is 78.1 Å². The third kappa shape index (κ3) is 18.0. The highest BCUT2D eigenvalue weighted by Crippen LogP contribution is 2.21. The molecule has 0 bridgehead atoms. The minimum atomic E-state index is -2.52. The van der Waals surface area contributed by atoms with Crippen molar-refractivity contribution in [2.24, 2.45) is 0 Å². The lowest BCUT2D eigenvalue weighted by Gasteiger charge is -2.36. The van der Waals surface area contributed by atoms with Crippen molar-refractivity contribution in [1.29, 1.82) is 0 Å². The molecule has 0 atom stereocenters. The number of nitrogens with zero attached hydrogens (tertiary/aromatic N) is 1. The minimum absolute atomic E-state index is 0.675. The van der Waals surface area contributed by atoms with Crippen LogP contribution in [0.3, 0.4) is 0 Å². The Balaban J connectivity index is 4.66. The van der Waals surface area contributed by atoms with E-state index in [9.17, 15) is 0 Å². The first kappa shape index (κ1) is 33.1. The van der Waals surface area contributed by atoms with Gasteiger partial charge in [0.2, 0.25) is 0 Å². The van der Waals surface area contributed by atoms with E-state index in [1.165, 1.54) is 114 Å². The van der Waals surface area contributed by atoms with Gasteiger partial charge >= 0.3 is 8.80 Å². The predicted molar refractivity (Wildman–Crippen MR) is 147 cm³/mol. The Hall–Kier alpha value is 0.0569. The van der Waals surface area contributed by atoms with Crippen LogP contribution in [0.5, 0.6) is 0 Å². The normalized spacial score (nSPS) is 12.5. The van der Waals surface area contributed by atoms with Crippen LogP contribution < -0.4 is 0 Å². The molecule has 200 valence electrons. The first-order valence-electron chi connectivity index (χ1n) is 14.8. The lowest BCUT2D eigenvalue weighted by molar-refractivity contribution is -0.910. The number of unbranched alkanes of at least 4 members (excludes halogenated alkanes) is 12. The fourth-order valence-electron chi connectivity index (χ4n) is 4.92. The summed E-state index contributed by atoms with van der Waals surface area (Å²) in [4.78, 5) is 0. The van der Waals surface area contributed by atoms with E-state index in [1.807, 2.05) is 0 Å². The molecular formula is C28H62NO3Si+. The van der Waals surface area contributed by atoms with Crippen LogP contribution in [0.1, 0.15) is 131 Å². The molecule has 0 unspecified atom stereocenters. The van der Waals surface area contributed by atoms with Gasteiger partial charge in [0, 0.05) is 32.3 Å². The molecule has 33 heavy (non-hydrogen) atoms. The van der Waals surface area contributed by atoms with Crippen LogP contribution in [0.4, 0.5) is 0 Å². The van der Waals surface area contributed by atoms with Gasteiger partial charge in [-0.2, -0.15) is 0 Å². The van der Waals surface area contributed by atoms with Gasteiger partial charge in [0.05, 0.1) is 26.7 Å². The fourth-order valence-corrected chi connectivity index (χ4v) is 7.51. The van der Waals surface area contributed by atoms with Crippen molar-refractivity contribution < 1.29 is 17.8 Å². The molecular weight excluding hydrogens is 426 g/mol. The molecule has 0 aliphatic carbocycles. The van der Waals surface area contributed by atoms with Gasteiger partial charge in [-0.25, -0.2) is 0 Å². The standard InChI is InChI=1S/C28H62NO3Si/c1-7-12-14-16-18-20-22-25-29(6,26-23-21-19-17-15-13-8-2)27-24-28-33(30-9-3,31-10-4)32-11-5/h7-28H2,1-6H3/q+1. The largest absolute Gasteiger partial charge is 0.501 e. The molecule has 0 amide bonds. The Labute approximate surface area is 210 Å². The topological polar surface area (TPSA) is 27.7 Å². The summed E-state index contributed by atoms with van der Waals surface area (Å²) in [6, 6.07) is 0.949. The van der Waals surface area contributed by atoms with E-state index in [2.05, 4.69) is 41.7 Å². The van der Waals surface area contributed by atoms with Gasteiger partial charge in [0.1, 0.15) is 0 Å². The highest BCUT2D eigenvalue weighted by molar-refractivity contribution is 6.60. The maximum Gasteiger partial charge on any atom is 0.501 e. The molecule has 4 nitrogen and oxygen atoms in total. The lowest BCUT2D eigenvalue weighted by atomic mass is 10.1. The molecule has 0 aromatic heterocycles. The minimum Gasteiger partial charge on any atom is -0.374 e. The van der Waals surface area contributed by atoms with Crippen LogP contribution in [0.25, 0.3) is 0 Å². The molecule has 0 aliphatic rings. The van der Waals surface area contributed by atoms with E-state index in [0.717, 1.165) is 12.5 Å². The zero-order chi connectivity index (χ0) is 24.7. The molecule has 0 rings (SSSR count). The first-order chi connectivity index (χ1) is 16.0. The van der Waals surface area contributed by atoms with E-state index in [-0.39, 0.29) is 0 Å². The van der Waals surface area contributed by atoms with Crippen LogP contribution in [0, 0.1) is 0 Å². The zero-order valence-corrected chi connectivity index (χ0v) is 24.7. The summed E-state index contributed by atoms with van der Waals surface area (Å²) in [5.74, 6) is 0. The number of hydrogen-bond donors (Lipinski definition) is 0. The average molecular weight is 489 g/mol. The molecule has 0 radical (unpaired) electrons. The monoisotopic (exact) mass is 488 g/mol. The third-order valence-electron chi connectivity index (χ3n) is 6.88. The quantitative estimate of drug-likeness (QED) is 0.0695. The van der Waals surface area contributed by atoms with Crippen molar-refractivity contribution in [2.45, 2.75) is 137 Å². The second-order valence-corrected chi connectivity index (χ2v) is 12.9. The Bertz CT molecular complexity index is 374. The van der Waals surface area contributed by atoms with Gasteiger partial charge < -0.3 is 17.8 Å². The van der Waals surface area contributed by atoms with Gasteiger partial charge in [0.15, 0.2) is 0 Å². The molecule has 0 aromatic carbocycles. The Kier molecular flexibility index (Phi) is 22.6. The lowest BCUT2D eigenvalue weighted by Crippen LogP contribution is -2.49. The molecule has 0 spiro atoms. The van der Waals surface area contributed by atoms with E-state index in [1.54, 1.807) is 0 Å². The first-order valence-corrected chi connectivity index (χ1v) is 16.7. The average Bonchev–Trinajstić information content (AvgIpc) is 2.78. The van der Waals surface area contributed by atoms with Crippen LogP contribution in [0.2, 0.25) is 6.04 Å². The smallest absolute Gasteiger partial charge is 0.374 e. The summed E-state index contributed by atoms with van der Waals surface area (Å²) < 4.78 is 19.5. The van der Waals surface area contributed by atoms with Gasteiger partial charge in [-0.05, 0) is 46.5 Å². The van der Waals surface area contributed by atoms with E-state index >= 15 is 0 Å². The highest BCUT2D eigenvalue weighted by atomic mass is 28.4. The number of rotatable bonds is 26. The van der Waals surface area contributed by atoms with Crippen LogP contribution in [0.15, 0.2) is 0 Å². The van der Waals surface area contributed by atoms with Crippen LogP contribution >= 0.6 is 0 Å². The number of hydrogen-bond acceptors (Lipinski definition) is 3. The van der Waals surface area contributed by atoms with Gasteiger partial charge in [0.25, 0.3) is 0 Å².